The highest BCUT2D eigenvalue weighted by atomic mass is 15.4. The molecule has 1 N–H and O–H groups in total. The zero-order valence-corrected chi connectivity index (χ0v) is 12.0. The van der Waals surface area contributed by atoms with Crippen molar-refractivity contribution in [2.24, 2.45) is 5.92 Å². The van der Waals surface area contributed by atoms with Gasteiger partial charge in [-0.15, -0.1) is 5.10 Å². The Morgan fingerprint density at radius 2 is 2.00 bits per heavy atom. The van der Waals surface area contributed by atoms with Crippen molar-refractivity contribution in [1.29, 1.82) is 0 Å². The van der Waals surface area contributed by atoms with Crippen LogP contribution < -0.4 is 5.32 Å². The summed E-state index contributed by atoms with van der Waals surface area (Å²) in [6.45, 7) is 13.9. The van der Waals surface area contributed by atoms with E-state index in [0.717, 1.165) is 12.2 Å². The topological polar surface area (TPSA) is 42.7 Å². The van der Waals surface area contributed by atoms with Gasteiger partial charge in [-0.25, -0.2) is 4.68 Å². The molecule has 0 spiro atoms. The van der Waals surface area contributed by atoms with Crippen molar-refractivity contribution in [3.8, 4) is 0 Å². The van der Waals surface area contributed by atoms with Gasteiger partial charge in [0.2, 0.25) is 0 Å². The molecular formula is C13H26N4. The summed E-state index contributed by atoms with van der Waals surface area (Å²) in [5.74, 6) is 0.688. The molecule has 0 radical (unpaired) electrons. The Bertz CT molecular complexity index is 337. The van der Waals surface area contributed by atoms with E-state index in [-0.39, 0.29) is 5.54 Å². The molecule has 1 rings (SSSR count). The van der Waals surface area contributed by atoms with Crippen LogP contribution in [0.25, 0.3) is 0 Å². The predicted octanol–water partition coefficient (Wildman–Crippen LogP) is 2.56. The number of nitrogens with one attached hydrogen (secondary N) is 1. The summed E-state index contributed by atoms with van der Waals surface area (Å²) in [6.07, 6.45) is 3.22. The number of aromatic nitrogens is 3. The van der Waals surface area contributed by atoms with Gasteiger partial charge in [0.25, 0.3) is 0 Å². The Balaban J connectivity index is 2.51. The predicted molar refractivity (Wildman–Crippen MR) is 70.8 cm³/mol. The van der Waals surface area contributed by atoms with Crippen molar-refractivity contribution >= 4 is 0 Å². The summed E-state index contributed by atoms with van der Waals surface area (Å²) in [6, 6.07) is 0.514. The third kappa shape index (κ3) is 4.11. The Morgan fingerprint density at radius 1 is 1.35 bits per heavy atom. The molecule has 0 saturated carbocycles. The number of hydrogen-bond donors (Lipinski definition) is 1. The SMILES string of the molecule is CCC(C)C(C)NCc1cn(C(C)(C)C)nn1. The minimum Gasteiger partial charge on any atom is -0.308 e. The fraction of sp³-hybridized carbons (Fsp3) is 0.846. The highest BCUT2D eigenvalue weighted by Crippen LogP contribution is 2.12. The van der Waals surface area contributed by atoms with Crippen LogP contribution in [0.1, 0.15) is 53.7 Å². The highest BCUT2D eigenvalue weighted by molar-refractivity contribution is 4.94. The second kappa shape index (κ2) is 5.63. The normalized spacial score (nSPS) is 15.9. The maximum Gasteiger partial charge on any atom is 0.0965 e. The molecular weight excluding hydrogens is 212 g/mol. The van der Waals surface area contributed by atoms with Crippen LogP contribution in [0.4, 0.5) is 0 Å². The first-order valence-electron chi connectivity index (χ1n) is 6.49. The van der Waals surface area contributed by atoms with E-state index in [1.54, 1.807) is 0 Å². The second-order valence-electron chi connectivity index (χ2n) is 5.88. The van der Waals surface area contributed by atoms with Gasteiger partial charge in [-0.3, -0.25) is 0 Å². The Hall–Kier alpha value is -0.900. The van der Waals surface area contributed by atoms with Crippen molar-refractivity contribution in [2.75, 3.05) is 0 Å². The molecule has 0 aliphatic carbocycles. The molecule has 1 heterocycles. The van der Waals surface area contributed by atoms with Gasteiger partial charge in [0.15, 0.2) is 0 Å². The lowest BCUT2D eigenvalue weighted by molar-refractivity contribution is 0.346. The van der Waals surface area contributed by atoms with Gasteiger partial charge in [-0.1, -0.05) is 25.5 Å². The average molecular weight is 238 g/mol. The van der Waals surface area contributed by atoms with Crippen LogP contribution in [0.3, 0.4) is 0 Å². The molecule has 4 heteroatoms. The lowest BCUT2D eigenvalue weighted by atomic mass is 10.0. The van der Waals surface area contributed by atoms with Crippen molar-refractivity contribution in [3.05, 3.63) is 11.9 Å². The molecule has 17 heavy (non-hydrogen) atoms. The molecule has 0 amide bonds. The van der Waals surface area contributed by atoms with Gasteiger partial charge >= 0.3 is 0 Å². The van der Waals surface area contributed by atoms with Crippen molar-refractivity contribution < 1.29 is 0 Å². The lowest BCUT2D eigenvalue weighted by Gasteiger charge is -2.19. The smallest absolute Gasteiger partial charge is 0.0965 e. The average Bonchev–Trinajstić information content (AvgIpc) is 2.72. The Kier molecular flexibility index (Phi) is 4.69. The van der Waals surface area contributed by atoms with Crippen LogP contribution in [0.2, 0.25) is 0 Å². The number of nitrogens with zero attached hydrogens (tertiary/aromatic N) is 3. The zero-order valence-electron chi connectivity index (χ0n) is 12.0. The number of rotatable bonds is 5. The summed E-state index contributed by atoms with van der Waals surface area (Å²) in [5.41, 5.74) is 1.02. The van der Waals surface area contributed by atoms with Crippen LogP contribution in [0.5, 0.6) is 0 Å². The van der Waals surface area contributed by atoms with Gasteiger partial charge in [-0.05, 0) is 33.6 Å². The van der Waals surface area contributed by atoms with Crippen molar-refractivity contribution in [3.63, 3.8) is 0 Å². The standard InChI is InChI=1S/C13H26N4/c1-7-10(2)11(3)14-8-12-9-17(16-15-12)13(4,5)6/h9-11,14H,7-8H2,1-6H3. The second-order valence-corrected chi connectivity index (χ2v) is 5.88. The fourth-order valence-corrected chi connectivity index (χ4v) is 1.53. The Labute approximate surface area is 105 Å². The van der Waals surface area contributed by atoms with E-state index < -0.39 is 0 Å². The van der Waals surface area contributed by atoms with Gasteiger partial charge in [0.05, 0.1) is 17.4 Å². The lowest BCUT2D eigenvalue weighted by Crippen LogP contribution is -2.31. The minimum absolute atomic E-state index is 0.00752. The van der Waals surface area contributed by atoms with Gasteiger partial charge in [0.1, 0.15) is 0 Å². The molecule has 0 aromatic carbocycles. The summed E-state index contributed by atoms with van der Waals surface area (Å²) in [5, 5.41) is 11.8. The molecule has 2 atom stereocenters. The first kappa shape index (κ1) is 14.2. The molecule has 4 nitrogen and oxygen atoms in total. The zero-order chi connectivity index (χ0) is 13.1. The summed E-state index contributed by atoms with van der Waals surface area (Å²) in [7, 11) is 0. The van der Waals surface area contributed by atoms with E-state index in [0.29, 0.717) is 12.0 Å². The van der Waals surface area contributed by atoms with E-state index in [2.05, 4.69) is 57.2 Å². The van der Waals surface area contributed by atoms with Crippen LogP contribution in [0.15, 0.2) is 6.20 Å². The van der Waals surface area contributed by atoms with E-state index in [1.165, 1.54) is 6.42 Å². The van der Waals surface area contributed by atoms with Crippen LogP contribution in [-0.4, -0.2) is 21.0 Å². The highest BCUT2D eigenvalue weighted by Gasteiger charge is 2.15. The first-order valence-corrected chi connectivity index (χ1v) is 6.49. The molecule has 0 bridgehead atoms. The quantitative estimate of drug-likeness (QED) is 0.857. The molecule has 2 unspecified atom stereocenters. The fourth-order valence-electron chi connectivity index (χ4n) is 1.53. The van der Waals surface area contributed by atoms with Crippen LogP contribution >= 0.6 is 0 Å². The van der Waals surface area contributed by atoms with Crippen LogP contribution in [-0.2, 0) is 12.1 Å². The van der Waals surface area contributed by atoms with E-state index in [9.17, 15) is 0 Å². The summed E-state index contributed by atoms with van der Waals surface area (Å²) >= 11 is 0. The van der Waals surface area contributed by atoms with Gasteiger partial charge in [-0.2, -0.15) is 0 Å². The molecule has 0 saturated heterocycles. The third-order valence-corrected chi connectivity index (χ3v) is 3.33. The molecule has 1 aromatic heterocycles. The minimum atomic E-state index is 0.00752. The largest absolute Gasteiger partial charge is 0.308 e. The maximum atomic E-state index is 4.19. The molecule has 0 aliphatic heterocycles. The molecule has 0 aliphatic rings. The van der Waals surface area contributed by atoms with Crippen molar-refractivity contribution in [2.45, 2.75) is 66.1 Å². The van der Waals surface area contributed by atoms with E-state index >= 15 is 0 Å². The van der Waals surface area contributed by atoms with E-state index in [1.807, 2.05) is 10.9 Å². The molecule has 98 valence electrons. The first-order chi connectivity index (χ1) is 7.84. The summed E-state index contributed by atoms with van der Waals surface area (Å²) < 4.78 is 1.91. The summed E-state index contributed by atoms with van der Waals surface area (Å²) in [4.78, 5) is 0. The van der Waals surface area contributed by atoms with Gasteiger partial charge in [0, 0.05) is 12.6 Å². The Morgan fingerprint density at radius 3 is 2.47 bits per heavy atom. The van der Waals surface area contributed by atoms with Gasteiger partial charge < -0.3 is 5.32 Å². The monoisotopic (exact) mass is 238 g/mol. The maximum absolute atomic E-state index is 4.19. The molecule has 0 fully saturated rings. The van der Waals surface area contributed by atoms with Crippen molar-refractivity contribution in [1.82, 2.24) is 20.3 Å². The third-order valence-electron chi connectivity index (χ3n) is 3.33. The van der Waals surface area contributed by atoms with Crippen LogP contribution in [0, 0.1) is 5.92 Å². The number of hydrogen-bond acceptors (Lipinski definition) is 3. The van der Waals surface area contributed by atoms with E-state index in [4.69, 9.17) is 0 Å². The molecule has 1 aromatic rings.